The minimum Gasteiger partial charge on any atom is -0.460 e. The van der Waals surface area contributed by atoms with Crippen LogP contribution in [0.2, 0.25) is 0 Å². The van der Waals surface area contributed by atoms with Gasteiger partial charge in [0, 0.05) is 17.0 Å². The average Bonchev–Trinajstić information content (AvgIpc) is 3.27. The molecule has 0 atom stereocenters. The Hall–Kier alpha value is -3.49. The van der Waals surface area contributed by atoms with Crippen LogP contribution in [0.1, 0.15) is 23.1 Å². The van der Waals surface area contributed by atoms with E-state index in [-0.39, 0.29) is 11.5 Å². The van der Waals surface area contributed by atoms with Gasteiger partial charge in [0.25, 0.3) is 0 Å². The molecule has 0 saturated heterocycles. The van der Waals surface area contributed by atoms with Crippen LogP contribution < -0.4 is 10.3 Å². The van der Waals surface area contributed by atoms with Crippen molar-refractivity contribution in [2.24, 2.45) is 0 Å². The number of carbonyl (C=O) groups is 1. The van der Waals surface area contributed by atoms with Crippen molar-refractivity contribution in [2.75, 3.05) is 6.54 Å². The summed E-state index contributed by atoms with van der Waals surface area (Å²) in [5.74, 6) is -0.748. The Morgan fingerprint density at radius 2 is 1.73 bits per heavy atom. The highest BCUT2D eigenvalue weighted by Crippen LogP contribution is 2.28. The SMILES string of the molecule is O=C(CNS(=O)(=O)c1ccc2ccccc2c1)OCc1cc(=O)oc2cc3c(cc12)CCC3. The van der Waals surface area contributed by atoms with Crippen molar-refractivity contribution in [1.29, 1.82) is 0 Å². The maximum absolute atomic E-state index is 12.6. The van der Waals surface area contributed by atoms with Gasteiger partial charge in [0.1, 0.15) is 18.7 Å². The maximum Gasteiger partial charge on any atom is 0.336 e. The molecule has 0 aliphatic heterocycles. The van der Waals surface area contributed by atoms with Crippen molar-refractivity contribution in [3.63, 3.8) is 0 Å². The van der Waals surface area contributed by atoms with E-state index in [2.05, 4.69) is 4.72 Å². The highest BCUT2D eigenvalue weighted by molar-refractivity contribution is 7.89. The van der Waals surface area contributed by atoms with Gasteiger partial charge < -0.3 is 9.15 Å². The van der Waals surface area contributed by atoms with Gasteiger partial charge in [-0.1, -0.05) is 30.3 Å². The first kappa shape index (κ1) is 21.4. The summed E-state index contributed by atoms with van der Waals surface area (Å²) in [5, 5.41) is 2.42. The van der Waals surface area contributed by atoms with Crippen molar-refractivity contribution < 1.29 is 22.4 Å². The highest BCUT2D eigenvalue weighted by Gasteiger charge is 2.18. The van der Waals surface area contributed by atoms with Gasteiger partial charge in [-0.2, -0.15) is 4.72 Å². The number of hydrogen-bond donors (Lipinski definition) is 1. The van der Waals surface area contributed by atoms with Crippen LogP contribution in [-0.2, 0) is 39.0 Å². The zero-order chi connectivity index (χ0) is 23.0. The molecule has 7 nitrogen and oxygen atoms in total. The number of esters is 1. The van der Waals surface area contributed by atoms with E-state index in [0.717, 1.165) is 35.4 Å². The minimum absolute atomic E-state index is 0.0644. The number of nitrogens with one attached hydrogen (secondary N) is 1. The summed E-state index contributed by atoms with van der Waals surface area (Å²) in [6.45, 7) is -0.679. The minimum atomic E-state index is -3.89. The third-order valence-electron chi connectivity index (χ3n) is 5.87. The molecule has 0 fully saturated rings. The summed E-state index contributed by atoms with van der Waals surface area (Å²) in [5.41, 5.74) is 2.84. The van der Waals surface area contributed by atoms with E-state index in [9.17, 15) is 18.0 Å². The fourth-order valence-corrected chi connectivity index (χ4v) is 5.20. The topological polar surface area (TPSA) is 103 Å². The van der Waals surface area contributed by atoms with E-state index < -0.39 is 28.2 Å². The zero-order valence-electron chi connectivity index (χ0n) is 17.7. The predicted molar refractivity (Wildman–Crippen MR) is 123 cm³/mol. The molecule has 1 aromatic heterocycles. The molecule has 0 bridgehead atoms. The number of fused-ring (bicyclic) bond motifs is 3. The molecule has 1 aliphatic carbocycles. The first-order valence-corrected chi connectivity index (χ1v) is 12.1. The number of aryl methyl sites for hydroxylation is 2. The lowest BCUT2D eigenvalue weighted by Gasteiger charge is -2.10. The molecular weight excluding hydrogens is 442 g/mol. The molecule has 5 rings (SSSR count). The lowest BCUT2D eigenvalue weighted by Crippen LogP contribution is -2.30. The molecule has 4 aromatic rings. The number of sulfonamides is 1. The summed E-state index contributed by atoms with van der Waals surface area (Å²) in [7, 11) is -3.89. The molecule has 0 amide bonds. The van der Waals surface area contributed by atoms with Gasteiger partial charge in [0.2, 0.25) is 10.0 Å². The van der Waals surface area contributed by atoms with Crippen molar-refractivity contribution in [1.82, 2.24) is 4.72 Å². The van der Waals surface area contributed by atoms with Crippen LogP contribution in [0.3, 0.4) is 0 Å². The van der Waals surface area contributed by atoms with Crippen LogP contribution >= 0.6 is 0 Å². The first-order chi connectivity index (χ1) is 15.9. The van der Waals surface area contributed by atoms with Crippen LogP contribution in [0, 0.1) is 0 Å². The van der Waals surface area contributed by atoms with Crippen LogP contribution in [0.5, 0.6) is 0 Å². The monoisotopic (exact) mass is 463 g/mol. The van der Waals surface area contributed by atoms with E-state index in [0.29, 0.717) is 11.1 Å². The molecule has 0 unspecified atom stereocenters. The normalized spacial score (nSPS) is 13.3. The van der Waals surface area contributed by atoms with E-state index in [4.69, 9.17) is 9.15 Å². The van der Waals surface area contributed by atoms with Gasteiger partial charge in [-0.15, -0.1) is 0 Å². The van der Waals surface area contributed by atoms with E-state index in [1.54, 1.807) is 12.1 Å². The van der Waals surface area contributed by atoms with E-state index >= 15 is 0 Å². The fourth-order valence-electron chi connectivity index (χ4n) is 4.20. The third-order valence-corrected chi connectivity index (χ3v) is 7.27. The molecular formula is C25H21NO6S. The molecule has 168 valence electrons. The molecule has 33 heavy (non-hydrogen) atoms. The summed E-state index contributed by atoms with van der Waals surface area (Å²) in [6.07, 6.45) is 2.96. The molecule has 0 spiro atoms. The smallest absolute Gasteiger partial charge is 0.336 e. The van der Waals surface area contributed by atoms with E-state index in [1.165, 1.54) is 23.3 Å². The molecule has 3 aromatic carbocycles. The summed E-state index contributed by atoms with van der Waals surface area (Å²) < 4.78 is 38.1. The number of ether oxygens (including phenoxy) is 1. The molecule has 0 radical (unpaired) electrons. The molecule has 0 saturated carbocycles. The van der Waals surface area contributed by atoms with E-state index in [1.807, 2.05) is 36.4 Å². The third kappa shape index (κ3) is 4.40. The van der Waals surface area contributed by atoms with Crippen LogP contribution in [0.4, 0.5) is 0 Å². The Kier molecular flexibility index (Phi) is 5.47. The first-order valence-electron chi connectivity index (χ1n) is 10.6. The number of hydrogen-bond acceptors (Lipinski definition) is 6. The predicted octanol–water partition coefficient (Wildman–Crippen LogP) is 3.46. The second kappa shape index (κ2) is 8.46. The van der Waals surface area contributed by atoms with Crippen LogP contribution in [0.15, 0.2) is 74.8 Å². The van der Waals surface area contributed by atoms with Gasteiger partial charge in [-0.25, -0.2) is 13.2 Å². The van der Waals surface area contributed by atoms with Gasteiger partial charge >= 0.3 is 11.6 Å². The van der Waals surface area contributed by atoms with Gasteiger partial charge in [0.05, 0.1) is 4.90 Å². The number of benzene rings is 3. The van der Waals surface area contributed by atoms with Gasteiger partial charge in [0.15, 0.2) is 0 Å². The second-order valence-electron chi connectivity index (χ2n) is 8.06. The largest absolute Gasteiger partial charge is 0.460 e. The summed E-state index contributed by atoms with van der Waals surface area (Å²) >= 11 is 0. The van der Waals surface area contributed by atoms with Gasteiger partial charge in [-0.05, 0) is 65.4 Å². The van der Waals surface area contributed by atoms with Crippen molar-refractivity contribution in [3.8, 4) is 0 Å². The molecule has 1 N–H and O–H groups in total. The van der Waals surface area contributed by atoms with Crippen LogP contribution in [-0.4, -0.2) is 20.9 Å². The van der Waals surface area contributed by atoms with Crippen LogP contribution in [0.25, 0.3) is 21.7 Å². The quantitative estimate of drug-likeness (QED) is 0.347. The van der Waals surface area contributed by atoms with Gasteiger partial charge in [-0.3, -0.25) is 4.79 Å². The fraction of sp³-hybridized carbons (Fsp3) is 0.200. The number of carbonyl (C=O) groups excluding carboxylic acids is 1. The zero-order valence-corrected chi connectivity index (χ0v) is 18.5. The standard InChI is InChI=1S/C25H21NO6S/c27-24-13-20(22-11-18-6-3-7-19(18)12-23(22)32-24)15-31-25(28)14-26-33(29,30)21-9-8-16-4-1-2-5-17(16)10-21/h1-2,4-5,8-13,26H,3,6-7,14-15H2. The van der Waals surface area contributed by atoms with Crippen molar-refractivity contribution in [3.05, 3.63) is 87.8 Å². The second-order valence-corrected chi connectivity index (χ2v) is 9.82. The number of rotatable bonds is 6. The lowest BCUT2D eigenvalue weighted by molar-refractivity contribution is -0.143. The maximum atomic E-state index is 12.6. The highest BCUT2D eigenvalue weighted by atomic mass is 32.2. The molecule has 8 heteroatoms. The molecule has 1 aliphatic rings. The Morgan fingerprint density at radius 1 is 0.970 bits per heavy atom. The Labute approximate surface area is 190 Å². The Morgan fingerprint density at radius 3 is 2.55 bits per heavy atom. The summed E-state index contributed by atoms with van der Waals surface area (Å²) in [6, 6.07) is 17.3. The Bertz CT molecular complexity index is 1550. The van der Waals surface area contributed by atoms with Crippen molar-refractivity contribution in [2.45, 2.75) is 30.8 Å². The average molecular weight is 464 g/mol. The van der Waals surface area contributed by atoms with Crippen molar-refractivity contribution >= 4 is 37.7 Å². The Balaban J connectivity index is 1.28. The lowest BCUT2D eigenvalue weighted by atomic mass is 10.0. The summed E-state index contributed by atoms with van der Waals surface area (Å²) in [4.78, 5) is 24.3. The molecule has 1 heterocycles.